The highest BCUT2D eigenvalue weighted by Gasteiger charge is 2.41. The summed E-state index contributed by atoms with van der Waals surface area (Å²) in [7, 11) is 0. The van der Waals surface area contributed by atoms with Crippen molar-refractivity contribution in [3.63, 3.8) is 0 Å². The lowest BCUT2D eigenvalue weighted by Gasteiger charge is -2.31. The fourth-order valence-corrected chi connectivity index (χ4v) is 2.76. The number of hydrogen-bond acceptors (Lipinski definition) is 3. The third-order valence-corrected chi connectivity index (χ3v) is 3.88. The zero-order valence-corrected chi connectivity index (χ0v) is 10.2. The van der Waals surface area contributed by atoms with Crippen LogP contribution in [0.5, 0.6) is 0 Å². The number of halogens is 1. The molecule has 4 heteroatoms. The fraction of sp³-hybridized carbons (Fsp3) is 0.636. The van der Waals surface area contributed by atoms with Crippen molar-refractivity contribution in [3.05, 3.63) is 22.6 Å². The molecule has 0 amide bonds. The van der Waals surface area contributed by atoms with E-state index in [2.05, 4.69) is 15.9 Å². The van der Waals surface area contributed by atoms with Gasteiger partial charge in [0.1, 0.15) is 11.9 Å². The van der Waals surface area contributed by atoms with Crippen molar-refractivity contribution >= 4 is 15.9 Å². The quantitative estimate of drug-likeness (QED) is 0.890. The molecule has 1 fully saturated rings. The number of rotatable bonds is 3. The monoisotopic (exact) mass is 273 g/mol. The molecule has 0 spiro atoms. The van der Waals surface area contributed by atoms with E-state index in [9.17, 15) is 5.11 Å². The van der Waals surface area contributed by atoms with Gasteiger partial charge in [-0.25, -0.2) is 0 Å². The van der Waals surface area contributed by atoms with Crippen LogP contribution in [0.2, 0.25) is 0 Å². The molecule has 0 aromatic carbocycles. The zero-order chi connectivity index (χ0) is 10.9. The summed E-state index contributed by atoms with van der Waals surface area (Å²) in [5.74, 6) is 0.620. The lowest BCUT2D eigenvalue weighted by Crippen LogP contribution is -2.33. The second kappa shape index (κ2) is 4.28. The highest BCUT2D eigenvalue weighted by molar-refractivity contribution is 9.10. The Kier molecular flexibility index (Phi) is 3.19. The van der Waals surface area contributed by atoms with Crippen molar-refractivity contribution in [2.75, 3.05) is 6.54 Å². The third kappa shape index (κ3) is 1.98. The first-order chi connectivity index (χ1) is 7.18. The van der Waals surface area contributed by atoms with Gasteiger partial charge in [0, 0.05) is 12.0 Å². The maximum Gasteiger partial charge on any atom is 0.169 e. The normalized spacial score (nSPS) is 21.8. The standard InChI is InChI=1S/C11H16BrNO2/c12-9-4-3-8(15-9)10(14)11(7-13)5-1-2-6-11/h3-4,10,14H,1-2,5-7,13H2. The Morgan fingerprint density at radius 2 is 2.13 bits per heavy atom. The molecule has 1 aliphatic carbocycles. The van der Waals surface area contributed by atoms with E-state index in [1.807, 2.05) is 6.07 Å². The van der Waals surface area contributed by atoms with E-state index < -0.39 is 6.10 Å². The number of nitrogens with two attached hydrogens (primary N) is 1. The predicted molar refractivity (Wildman–Crippen MR) is 61.3 cm³/mol. The van der Waals surface area contributed by atoms with Gasteiger partial charge < -0.3 is 15.3 Å². The van der Waals surface area contributed by atoms with Gasteiger partial charge in [0.2, 0.25) is 0 Å². The summed E-state index contributed by atoms with van der Waals surface area (Å²) in [6.45, 7) is 0.520. The summed E-state index contributed by atoms with van der Waals surface area (Å²) in [6, 6.07) is 3.61. The summed E-state index contributed by atoms with van der Waals surface area (Å²) in [4.78, 5) is 0. The van der Waals surface area contributed by atoms with Crippen molar-refractivity contribution in [3.8, 4) is 0 Å². The second-order valence-electron chi connectivity index (χ2n) is 4.32. The van der Waals surface area contributed by atoms with Crippen molar-refractivity contribution in [1.82, 2.24) is 0 Å². The Morgan fingerprint density at radius 1 is 1.47 bits per heavy atom. The Morgan fingerprint density at radius 3 is 2.60 bits per heavy atom. The van der Waals surface area contributed by atoms with Gasteiger partial charge in [-0.1, -0.05) is 12.8 Å². The molecule has 0 saturated heterocycles. The lowest BCUT2D eigenvalue weighted by molar-refractivity contribution is 0.0159. The summed E-state index contributed by atoms with van der Waals surface area (Å²) in [5.41, 5.74) is 5.63. The van der Waals surface area contributed by atoms with E-state index in [4.69, 9.17) is 10.2 Å². The van der Waals surface area contributed by atoms with E-state index in [-0.39, 0.29) is 5.41 Å². The summed E-state index contributed by atoms with van der Waals surface area (Å²) in [6.07, 6.45) is 3.70. The largest absolute Gasteiger partial charge is 0.452 e. The summed E-state index contributed by atoms with van der Waals surface area (Å²) in [5, 5.41) is 10.3. The molecular weight excluding hydrogens is 258 g/mol. The predicted octanol–water partition coefficient (Wildman–Crippen LogP) is 2.59. The van der Waals surface area contributed by atoms with Gasteiger partial charge in [0.15, 0.2) is 4.67 Å². The molecule has 1 aromatic rings. The van der Waals surface area contributed by atoms with E-state index in [1.165, 1.54) is 0 Å². The van der Waals surface area contributed by atoms with E-state index >= 15 is 0 Å². The SMILES string of the molecule is NCC1(C(O)c2ccc(Br)o2)CCCC1. The van der Waals surface area contributed by atoms with Crippen LogP contribution in [-0.2, 0) is 0 Å². The molecule has 1 aromatic heterocycles. The van der Waals surface area contributed by atoms with Crippen LogP contribution < -0.4 is 5.73 Å². The number of hydrogen-bond donors (Lipinski definition) is 2. The molecule has 3 nitrogen and oxygen atoms in total. The maximum absolute atomic E-state index is 10.3. The average Bonchev–Trinajstić information content (AvgIpc) is 2.86. The van der Waals surface area contributed by atoms with Crippen LogP contribution in [0.15, 0.2) is 21.2 Å². The van der Waals surface area contributed by atoms with Crippen LogP contribution in [0.1, 0.15) is 37.5 Å². The third-order valence-electron chi connectivity index (χ3n) is 3.45. The Hall–Kier alpha value is -0.320. The number of furan rings is 1. The van der Waals surface area contributed by atoms with Gasteiger partial charge in [-0.2, -0.15) is 0 Å². The summed E-state index contributed by atoms with van der Waals surface area (Å²) < 4.78 is 6.05. The first kappa shape index (κ1) is 11.2. The minimum absolute atomic E-state index is 0.169. The number of aliphatic hydroxyl groups excluding tert-OH is 1. The van der Waals surface area contributed by atoms with Gasteiger partial charge in [0.25, 0.3) is 0 Å². The van der Waals surface area contributed by atoms with Crippen LogP contribution >= 0.6 is 15.9 Å². The van der Waals surface area contributed by atoms with Crippen molar-refractivity contribution in [2.24, 2.45) is 11.1 Å². The smallest absolute Gasteiger partial charge is 0.169 e. The van der Waals surface area contributed by atoms with Crippen molar-refractivity contribution in [1.29, 1.82) is 0 Å². The molecule has 1 saturated carbocycles. The molecule has 3 N–H and O–H groups in total. The highest BCUT2D eigenvalue weighted by Crippen LogP contribution is 2.47. The minimum atomic E-state index is -0.573. The molecule has 2 rings (SSSR count). The zero-order valence-electron chi connectivity index (χ0n) is 8.58. The van der Waals surface area contributed by atoms with E-state index in [0.717, 1.165) is 25.7 Å². The van der Waals surface area contributed by atoms with Gasteiger partial charge in [-0.15, -0.1) is 0 Å². The van der Waals surface area contributed by atoms with Crippen LogP contribution in [0.3, 0.4) is 0 Å². The molecule has 1 aliphatic rings. The lowest BCUT2D eigenvalue weighted by atomic mass is 9.79. The van der Waals surface area contributed by atoms with Crippen LogP contribution in [-0.4, -0.2) is 11.7 Å². The van der Waals surface area contributed by atoms with E-state index in [0.29, 0.717) is 17.0 Å². The van der Waals surface area contributed by atoms with Gasteiger partial charge in [-0.05, 0) is 40.9 Å². The Bertz CT molecular complexity index is 331. The fourth-order valence-electron chi connectivity index (χ4n) is 2.45. The minimum Gasteiger partial charge on any atom is -0.452 e. The molecule has 1 unspecified atom stereocenters. The van der Waals surface area contributed by atoms with Crippen molar-refractivity contribution < 1.29 is 9.52 Å². The number of aliphatic hydroxyl groups is 1. The first-order valence-corrected chi connectivity index (χ1v) is 6.11. The van der Waals surface area contributed by atoms with E-state index in [1.54, 1.807) is 6.07 Å². The van der Waals surface area contributed by atoms with Crippen molar-refractivity contribution in [2.45, 2.75) is 31.8 Å². The molecular formula is C11H16BrNO2. The molecule has 15 heavy (non-hydrogen) atoms. The molecule has 0 bridgehead atoms. The molecule has 84 valence electrons. The van der Waals surface area contributed by atoms with Gasteiger partial charge >= 0.3 is 0 Å². The summed E-state index contributed by atoms with van der Waals surface area (Å²) >= 11 is 3.24. The van der Waals surface area contributed by atoms with Crippen LogP contribution in [0.4, 0.5) is 0 Å². The molecule has 1 heterocycles. The first-order valence-electron chi connectivity index (χ1n) is 5.31. The molecule has 0 radical (unpaired) electrons. The second-order valence-corrected chi connectivity index (χ2v) is 5.10. The maximum atomic E-state index is 10.3. The molecule has 1 atom stereocenters. The van der Waals surface area contributed by atoms with Crippen LogP contribution in [0, 0.1) is 5.41 Å². The Balaban J connectivity index is 2.21. The van der Waals surface area contributed by atoms with Crippen LogP contribution in [0.25, 0.3) is 0 Å². The van der Waals surface area contributed by atoms with Gasteiger partial charge in [-0.3, -0.25) is 0 Å². The molecule has 0 aliphatic heterocycles. The Labute approximate surface area is 97.8 Å². The topological polar surface area (TPSA) is 59.4 Å². The average molecular weight is 274 g/mol. The highest BCUT2D eigenvalue weighted by atomic mass is 79.9. The van der Waals surface area contributed by atoms with Gasteiger partial charge in [0.05, 0.1) is 0 Å².